The summed E-state index contributed by atoms with van der Waals surface area (Å²) in [6.07, 6.45) is 3.84. The number of nitrogens with two attached hydrogens (primary N) is 1. The molecular formula is C11H15N5O3S2. The molecule has 0 radical (unpaired) electrons. The van der Waals surface area contributed by atoms with Gasteiger partial charge in [-0.05, 0) is 18.6 Å². The zero-order valence-electron chi connectivity index (χ0n) is 11.1. The lowest BCUT2D eigenvalue weighted by atomic mass is 10.3. The van der Waals surface area contributed by atoms with Gasteiger partial charge in [-0.2, -0.15) is 5.10 Å². The lowest BCUT2D eigenvalue weighted by Crippen LogP contribution is -2.26. The first-order chi connectivity index (χ1) is 9.95. The molecule has 21 heavy (non-hydrogen) atoms. The Balaban J connectivity index is 1.71. The van der Waals surface area contributed by atoms with Crippen LogP contribution in [0.25, 0.3) is 0 Å². The summed E-state index contributed by atoms with van der Waals surface area (Å²) >= 11 is 1.12. The fourth-order valence-electron chi connectivity index (χ4n) is 1.62. The van der Waals surface area contributed by atoms with Crippen LogP contribution in [0, 0.1) is 0 Å². The molecule has 2 aromatic rings. The summed E-state index contributed by atoms with van der Waals surface area (Å²) in [4.78, 5) is 16.3. The molecule has 0 saturated carbocycles. The summed E-state index contributed by atoms with van der Waals surface area (Å²) in [6.45, 7) is 0.918. The Hall–Kier alpha value is -1.78. The minimum Gasteiger partial charge on any atom is -0.356 e. The van der Waals surface area contributed by atoms with Gasteiger partial charge in [-0.3, -0.25) is 9.48 Å². The first-order valence-corrected chi connectivity index (χ1v) is 8.52. The normalized spacial score (nSPS) is 11.5. The molecule has 3 N–H and O–H groups in total. The first-order valence-electron chi connectivity index (χ1n) is 6.16. The van der Waals surface area contributed by atoms with Crippen LogP contribution in [-0.4, -0.2) is 35.6 Å². The number of thiophene rings is 1. The number of aromatic nitrogens is 3. The van der Waals surface area contributed by atoms with E-state index in [-0.39, 0.29) is 10.1 Å². The highest BCUT2D eigenvalue weighted by Crippen LogP contribution is 2.20. The van der Waals surface area contributed by atoms with Gasteiger partial charge in [-0.25, -0.2) is 18.5 Å². The molecule has 0 unspecified atom stereocenters. The number of aryl methyl sites for hydroxylation is 1. The van der Waals surface area contributed by atoms with E-state index in [9.17, 15) is 13.2 Å². The molecule has 10 heteroatoms. The standard InChI is InChI=1S/C11H15N5O3S2/c12-21(18,19)11-2-1-9(20-11)3-5-14-10(17)4-6-16-8-13-7-15-16/h1-2,7-8H,3-6H2,(H,14,17)(H2,12,18,19). The average Bonchev–Trinajstić information content (AvgIpc) is 3.07. The van der Waals surface area contributed by atoms with Gasteiger partial charge in [-0.15, -0.1) is 11.3 Å². The van der Waals surface area contributed by atoms with Gasteiger partial charge in [0, 0.05) is 17.8 Å². The van der Waals surface area contributed by atoms with Gasteiger partial charge in [-0.1, -0.05) is 0 Å². The molecule has 114 valence electrons. The molecule has 0 aliphatic heterocycles. The number of carbonyl (C=O) groups is 1. The zero-order valence-corrected chi connectivity index (χ0v) is 12.7. The molecule has 0 aliphatic carbocycles. The quantitative estimate of drug-likeness (QED) is 0.725. The lowest BCUT2D eigenvalue weighted by Gasteiger charge is -2.04. The van der Waals surface area contributed by atoms with E-state index < -0.39 is 10.0 Å². The minimum absolute atomic E-state index is 0.0891. The Bertz CT molecular complexity index is 693. The summed E-state index contributed by atoms with van der Waals surface area (Å²) in [5.74, 6) is -0.0891. The lowest BCUT2D eigenvalue weighted by molar-refractivity contribution is -0.121. The topological polar surface area (TPSA) is 120 Å². The van der Waals surface area contributed by atoms with Crippen LogP contribution in [0.2, 0.25) is 0 Å². The van der Waals surface area contributed by atoms with Gasteiger partial charge >= 0.3 is 0 Å². The molecule has 2 aromatic heterocycles. The third-order valence-corrected chi connectivity index (χ3v) is 5.23. The molecule has 8 nitrogen and oxygen atoms in total. The number of rotatable bonds is 7. The van der Waals surface area contributed by atoms with Gasteiger partial charge in [0.1, 0.15) is 16.9 Å². The largest absolute Gasteiger partial charge is 0.356 e. The van der Waals surface area contributed by atoms with E-state index in [1.54, 1.807) is 17.1 Å². The van der Waals surface area contributed by atoms with Crippen molar-refractivity contribution in [2.75, 3.05) is 6.54 Å². The highest BCUT2D eigenvalue weighted by atomic mass is 32.2. The van der Waals surface area contributed by atoms with E-state index in [2.05, 4.69) is 15.4 Å². The van der Waals surface area contributed by atoms with Crippen molar-refractivity contribution >= 4 is 27.3 Å². The van der Waals surface area contributed by atoms with E-state index in [1.165, 1.54) is 12.4 Å². The second kappa shape index (κ2) is 6.78. The zero-order chi connectivity index (χ0) is 15.3. The smallest absolute Gasteiger partial charge is 0.247 e. The van der Waals surface area contributed by atoms with Gasteiger partial charge < -0.3 is 5.32 Å². The van der Waals surface area contributed by atoms with Crippen molar-refractivity contribution in [1.82, 2.24) is 20.1 Å². The van der Waals surface area contributed by atoms with Gasteiger partial charge in [0.05, 0.1) is 6.54 Å². The number of primary sulfonamides is 1. The molecule has 0 atom stereocenters. The average molecular weight is 329 g/mol. The molecule has 0 saturated heterocycles. The Kier molecular flexibility index (Phi) is 5.04. The van der Waals surface area contributed by atoms with E-state index in [0.717, 1.165) is 16.2 Å². The van der Waals surface area contributed by atoms with Crippen molar-refractivity contribution in [3.8, 4) is 0 Å². The van der Waals surface area contributed by atoms with Crippen molar-refractivity contribution in [3.05, 3.63) is 29.7 Å². The number of carbonyl (C=O) groups excluding carboxylic acids is 1. The summed E-state index contributed by atoms with van der Waals surface area (Å²) in [7, 11) is -3.64. The van der Waals surface area contributed by atoms with Crippen LogP contribution in [-0.2, 0) is 27.8 Å². The van der Waals surface area contributed by atoms with Gasteiger partial charge in [0.15, 0.2) is 0 Å². The summed E-state index contributed by atoms with van der Waals surface area (Å²) in [6, 6.07) is 3.17. The second-order valence-electron chi connectivity index (χ2n) is 4.27. The SMILES string of the molecule is NS(=O)(=O)c1ccc(CCNC(=O)CCn2cncn2)s1. The van der Waals surface area contributed by atoms with Gasteiger partial charge in [0.25, 0.3) is 0 Å². The highest BCUT2D eigenvalue weighted by Gasteiger charge is 2.11. The van der Waals surface area contributed by atoms with E-state index >= 15 is 0 Å². The number of hydrogen-bond acceptors (Lipinski definition) is 6. The molecule has 0 aromatic carbocycles. The summed E-state index contributed by atoms with van der Waals surface area (Å²) in [5, 5.41) is 11.7. The molecule has 2 heterocycles. The Morgan fingerprint density at radius 2 is 2.24 bits per heavy atom. The second-order valence-corrected chi connectivity index (χ2v) is 7.23. The summed E-state index contributed by atoms with van der Waals surface area (Å²) < 4.78 is 24.0. The van der Waals surface area contributed by atoms with Crippen LogP contribution in [0.15, 0.2) is 29.0 Å². The summed E-state index contributed by atoms with van der Waals surface area (Å²) in [5.41, 5.74) is 0. The van der Waals surface area contributed by atoms with Crippen LogP contribution < -0.4 is 10.5 Å². The van der Waals surface area contributed by atoms with Crippen molar-refractivity contribution in [3.63, 3.8) is 0 Å². The van der Waals surface area contributed by atoms with Crippen LogP contribution in [0.5, 0.6) is 0 Å². The maximum absolute atomic E-state index is 11.6. The van der Waals surface area contributed by atoms with Crippen LogP contribution in [0.4, 0.5) is 0 Å². The third kappa shape index (κ3) is 4.92. The monoisotopic (exact) mass is 329 g/mol. The number of nitrogens with one attached hydrogen (secondary N) is 1. The number of nitrogens with zero attached hydrogens (tertiary/aromatic N) is 3. The molecule has 0 spiro atoms. The van der Waals surface area contributed by atoms with Crippen LogP contribution in [0.1, 0.15) is 11.3 Å². The van der Waals surface area contributed by atoms with Crippen LogP contribution >= 0.6 is 11.3 Å². The molecule has 1 amide bonds. The fourth-order valence-corrected chi connectivity index (χ4v) is 3.40. The molecule has 0 bridgehead atoms. The minimum atomic E-state index is -3.64. The predicted molar refractivity (Wildman–Crippen MR) is 77.0 cm³/mol. The highest BCUT2D eigenvalue weighted by molar-refractivity contribution is 7.91. The maximum atomic E-state index is 11.6. The fraction of sp³-hybridized carbons (Fsp3) is 0.364. The maximum Gasteiger partial charge on any atom is 0.247 e. The van der Waals surface area contributed by atoms with Gasteiger partial charge in [0.2, 0.25) is 15.9 Å². The van der Waals surface area contributed by atoms with E-state index in [0.29, 0.717) is 25.9 Å². The number of sulfonamides is 1. The predicted octanol–water partition coefficient (Wildman–Crippen LogP) is -0.264. The Labute approximate surface area is 126 Å². The first kappa shape index (κ1) is 15.6. The van der Waals surface area contributed by atoms with Crippen molar-refractivity contribution in [2.45, 2.75) is 23.6 Å². The third-order valence-electron chi connectivity index (χ3n) is 2.65. The van der Waals surface area contributed by atoms with E-state index in [4.69, 9.17) is 5.14 Å². The number of hydrogen-bond donors (Lipinski definition) is 2. The van der Waals surface area contributed by atoms with Crippen molar-refractivity contribution in [1.29, 1.82) is 0 Å². The van der Waals surface area contributed by atoms with Crippen LogP contribution in [0.3, 0.4) is 0 Å². The molecule has 0 fully saturated rings. The Morgan fingerprint density at radius 3 is 2.86 bits per heavy atom. The van der Waals surface area contributed by atoms with Crippen molar-refractivity contribution in [2.24, 2.45) is 5.14 Å². The Morgan fingerprint density at radius 1 is 1.43 bits per heavy atom. The number of amides is 1. The molecule has 0 aliphatic rings. The van der Waals surface area contributed by atoms with Crippen molar-refractivity contribution < 1.29 is 13.2 Å². The van der Waals surface area contributed by atoms with E-state index in [1.807, 2.05) is 0 Å². The molecule has 2 rings (SSSR count). The molecular weight excluding hydrogens is 314 g/mol.